The van der Waals surface area contributed by atoms with Gasteiger partial charge < -0.3 is 9.29 Å². The Hall–Kier alpha value is -1.11. The summed E-state index contributed by atoms with van der Waals surface area (Å²) in [6.07, 6.45) is 0.377. The minimum Gasteiger partial charge on any atom is -0.392 e. The molecule has 0 aromatic heterocycles. The van der Waals surface area contributed by atoms with Gasteiger partial charge in [0.05, 0.1) is 11.9 Å². The number of benzene rings is 1. The largest absolute Gasteiger partial charge is 0.392 e. The van der Waals surface area contributed by atoms with Gasteiger partial charge in [-0.05, 0) is 18.6 Å². The van der Waals surface area contributed by atoms with Crippen LogP contribution < -0.4 is 4.18 Å². The number of nitrogens with zero attached hydrogens (tertiary/aromatic N) is 1. The Balaban J connectivity index is 1.84. The third-order valence-corrected chi connectivity index (χ3v) is 4.00. The van der Waals surface area contributed by atoms with Crippen LogP contribution >= 0.6 is 0 Å². The molecule has 0 spiro atoms. The maximum absolute atomic E-state index is 11.7. The smallest absolute Gasteiger partial charge is 0.310 e. The van der Waals surface area contributed by atoms with Crippen molar-refractivity contribution in [1.82, 2.24) is 4.90 Å². The number of β-amino-alcohol motifs (C(OH)–C–C–N with tert-alkyl or cyclic N) is 1. The molecule has 1 aliphatic rings. The highest BCUT2D eigenvalue weighted by Gasteiger charge is 2.22. The monoisotopic (exact) mass is 271 g/mol. The first-order chi connectivity index (χ1) is 8.55. The summed E-state index contributed by atoms with van der Waals surface area (Å²) < 4.78 is 28.4. The van der Waals surface area contributed by atoms with Crippen LogP contribution in [0.25, 0.3) is 0 Å². The summed E-state index contributed by atoms with van der Waals surface area (Å²) in [5.74, 6) is 0.271. The molecule has 0 aliphatic carbocycles. The summed E-state index contributed by atoms with van der Waals surface area (Å²) in [6, 6.07) is 8.46. The Morgan fingerprint density at radius 1 is 1.33 bits per heavy atom. The summed E-state index contributed by atoms with van der Waals surface area (Å²) >= 11 is 0. The van der Waals surface area contributed by atoms with E-state index in [2.05, 4.69) is 0 Å². The van der Waals surface area contributed by atoms with Crippen molar-refractivity contribution in [3.8, 4) is 5.75 Å². The van der Waals surface area contributed by atoms with Gasteiger partial charge in [0.2, 0.25) is 0 Å². The van der Waals surface area contributed by atoms with Crippen LogP contribution in [0.1, 0.15) is 6.42 Å². The molecule has 0 bridgehead atoms. The molecule has 1 aliphatic heterocycles. The molecule has 0 saturated carbocycles. The minimum atomic E-state index is -3.56. The Kier molecular flexibility index (Phi) is 4.21. The number of para-hydroxylation sites is 1. The first-order valence-electron chi connectivity index (χ1n) is 5.93. The topological polar surface area (TPSA) is 66.8 Å². The molecule has 1 N–H and O–H groups in total. The number of aliphatic hydroxyl groups excluding tert-OH is 1. The van der Waals surface area contributed by atoms with Crippen molar-refractivity contribution < 1.29 is 17.7 Å². The zero-order valence-electron chi connectivity index (χ0n) is 10.0. The molecule has 6 heteroatoms. The van der Waals surface area contributed by atoms with E-state index in [1.54, 1.807) is 30.3 Å². The summed E-state index contributed by atoms with van der Waals surface area (Å²) in [6.45, 7) is 1.68. The number of hydrogen-bond acceptors (Lipinski definition) is 5. The number of rotatable bonds is 5. The quantitative estimate of drug-likeness (QED) is 0.788. The van der Waals surface area contributed by atoms with Gasteiger partial charge in [-0.15, -0.1) is 0 Å². The lowest BCUT2D eigenvalue weighted by Crippen LogP contribution is -2.29. The van der Waals surface area contributed by atoms with E-state index in [0.29, 0.717) is 25.3 Å². The van der Waals surface area contributed by atoms with Gasteiger partial charge in [-0.25, -0.2) is 0 Å². The van der Waals surface area contributed by atoms with Gasteiger partial charge in [0.15, 0.2) is 0 Å². The van der Waals surface area contributed by atoms with E-state index in [-0.39, 0.29) is 11.9 Å². The van der Waals surface area contributed by atoms with Crippen molar-refractivity contribution in [3.05, 3.63) is 30.3 Å². The number of likely N-dealkylation sites (tertiary alicyclic amines) is 1. The molecule has 1 fully saturated rings. The molecule has 5 nitrogen and oxygen atoms in total. The van der Waals surface area contributed by atoms with Crippen LogP contribution in [-0.4, -0.2) is 49.9 Å². The van der Waals surface area contributed by atoms with Crippen molar-refractivity contribution in [2.45, 2.75) is 12.5 Å². The van der Waals surface area contributed by atoms with Crippen LogP contribution in [0.5, 0.6) is 5.75 Å². The molecule has 0 radical (unpaired) electrons. The third-order valence-electron chi connectivity index (χ3n) is 2.87. The summed E-state index contributed by atoms with van der Waals surface area (Å²) in [4.78, 5) is 1.93. The number of aliphatic hydroxyl groups is 1. The van der Waals surface area contributed by atoms with Crippen LogP contribution in [0, 0.1) is 0 Å². The zero-order chi connectivity index (χ0) is 13.0. The van der Waals surface area contributed by atoms with Crippen molar-refractivity contribution in [1.29, 1.82) is 0 Å². The molecular formula is C12H17NO4S. The fourth-order valence-electron chi connectivity index (χ4n) is 1.92. The highest BCUT2D eigenvalue weighted by Crippen LogP contribution is 2.13. The van der Waals surface area contributed by atoms with Crippen LogP contribution in [0.2, 0.25) is 0 Å². The van der Waals surface area contributed by atoms with E-state index in [0.717, 1.165) is 6.54 Å². The second kappa shape index (κ2) is 5.69. The standard InChI is InChI=1S/C12H17NO4S/c14-11-6-7-13(10-11)8-9-18(15,16)17-12-4-2-1-3-5-12/h1-5,11,14H,6-10H2/t11-/m1/s1. The summed E-state index contributed by atoms with van der Waals surface area (Å²) in [5.41, 5.74) is 0. The third kappa shape index (κ3) is 3.97. The van der Waals surface area contributed by atoms with Gasteiger partial charge in [-0.1, -0.05) is 18.2 Å². The van der Waals surface area contributed by atoms with E-state index in [9.17, 15) is 13.5 Å². The fourth-order valence-corrected chi connectivity index (χ4v) is 2.89. The molecule has 100 valence electrons. The maximum Gasteiger partial charge on any atom is 0.310 e. The fraction of sp³-hybridized carbons (Fsp3) is 0.500. The predicted octanol–water partition coefficient (Wildman–Crippen LogP) is 0.462. The predicted molar refractivity (Wildman–Crippen MR) is 67.9 cm³/mol. The lowest BCUT2D eigenvalue weighted by atomic mass is 10.3. The Morgan fingerprint density at radius 3 is 2.67 bits per heavy atom. The molecule has 1 aromatic rings. The van der Waals surface area contributed by atoms with E-state index < -0.39 is 10.1 Å². The first kappa shape index (κ1) is 13.3. The highest BCUT2D eigenvalue weighted by molar-refractivity contribution is 7.87. The minimum absolute atomic E-state index is 0.0609. The van der Waals surface area contributed by atoms with E-state index in [4.69, 9.17) is 4.18 Å². The maximum atomic E-state index is 11.7. The second-order valence-electron chi connectivity index (χ2n) is 4.40. The van der Waals surface area contributed by atoms with Gasteiger partial charge in [0.1, 0.15) is 5.75 Å². The molecule has 2 rings (SSSR count). The Labute approximate surface area is 107 Å². The van der Waals surface area contributed by atoms with Crippen LogP contribution in [-0.2, 0) is 10.1 Å². The SMILES string of the molecule is O=S(=O)(CCN1CC[C@@H](O)C1)Oc1ccccc1. The molecule has 18 heavy (non-hydrogen) atoms. The van der Waals surface area contributed by atoms with E-state index in [1.807, 2.05) is 4.90 Å². The van der Waals surface area contributed by atoms with Crippen LogP contribution in [0.15, 0.2) is 30.3 Å². The average molecular weight is 271 g/mol. The normalized spacial score (nSPS) is 21.1. The van der Waals surface area contributed by atoms with Crippen LogP contribution in [0.4, 0.5) is 0 Å². The Morgan fingerprint density at radius 2 is 2.06 bits per heavy atom. The zero-order valence-corrected chi connectivity index (χ0v) is 10.8. The van der Waals surface area contributed by atoms with Gasteiger partial charge in [-0.2, -0.15) is 8.42 Å². The van der Waals surface area contributed by atoms with E-state index in [1.165, 1.54) is 0 Å². The van der Waals surface area contributed by atoms with Crippen molar-refractivity contribution in [2.75, 3.05) is 25.4 Å². The molecule has 0 unspecified atom stereocenters. The van der Waals surface area contributed by atoms with Crippen molar-refractivity contribution in [3.63, 3.8) is 0 Å². The van der Waals surface area contributed by atoms with Crippen molar-refractivity contribution in [2.24, 2.45) is 0 Å². The van der Waals surface area contributed by atoms with Gasteiger partial charge in [-0.3, -0.25) is 4.90 Å². The molecule has 1 atom stereocenters. The average Bonchev–Trinajstić information content (AvgIpc) is 2.74. The lowest BCUT2D eigenvalue weighted by Gasteiger charge is -2.14. The van der Waals surface area contributed by atoms with Crippen molar-refractivity contribution >= 4 is 10.1 Å². The first-order valence-corrected chi connectivity index (χ1v) is 7.50. The van der Waals surface area contributed by atoms with Crippen LogP contribution in [0.3, 0.4) is 0 Å². The van der Waals surface area contributed by atoms with Gasteiger partial charge in [0.25, 0.3) is 0 Å². The number of hydrogen-bond donors (Lipinski definition) is 1. The molecule has 0 amide bonds. The molecule has 1 heterocycles. The van der Waals surface area contributed by atoms with Gasteiger partial charge in [0, 0.05) is 19.6 Å². The highest BCUT2D eigenvalue weighted by atomic mass is 32.2. The summed E-state index contributed by atoms with van der Waals surface area (Å²) in [7, 11) is -3.56. The molecule has 1 aromatic carbocycles. The lowest BCUT2D eigenvalue weighted by molar-refractivity contribution is 0.178. The summed E-state index contributed by atoms with van der Waals surface area (Å²) in [5, 5.41) is 9.34. The van der Waals surface area contributed by atoms with Gasteiger partial charge >= 0.3 is 10.1 Å². The second-order valence-corrected chi connectivity index (χ2v) is 6.09. The van der Waals surface area contributed by atoms with E-state index >= 15 is 0 Å². The Bertz CT molecular complexity index is 474. The molecular weight excluding hydrogens is 254 g/mol. The molecule has 1 saturated heterocycles.